The fourth-order valence-electron chi connectivity index (χ4n) is 3.30. The Balaban J connectivity index is 1.73. The van der Waals surface area contributed by atoms with Gasteiger partial charge in [-0.25, -0.2) is 4.79 Å². The van der Waals surface area contributed by atoms with Crippen molar-refractivity contribution in [3.05, 3.63) is 89.9 Å². The van der Waals surface area contributed by atoms with E-state index in [4.69, 9.17) is 4.42 Å². The molecule has 0 spiro atoms. The van der Waals surface area contributed by atoms with E-state index < -0.39 is 0 Å². The standard InChI is InChI=1S/C25H29N3O3/c1-3-16-27(25(30)26-22-12-8-5-9-13-22)19-24(29)28(17-21-10-6-4-7-11-21)18-23-15-14-20(2)31-23/h4-15H,3,16-19H2,1-2H3,(H,26,30). The first-order valence-electron chi connectivity index (χ1n) is 10.5. The van der Waals surface area contributed by atoms with E-state index in [1.807, 2.05) is 86.6 Å². The lowest BCUT2D eigenvalue weighted by atomic mass is 10.2. The molecule has 0 atom stereocenters. The molecule has 1 heterocycles. The lowest BCUT2D eigenvalue weighted by Crippen LogP contribution is -2.44. The average molecular weight is 420 g/mol. The van der Waals surface area contributed by atoms with Crippen LogP contribution in [-0.2, 0) is 17.9 Å². The molecule has 0 unspecified atom stereocenters. The third-order valence-electron chi connectivity index (χ3n) is 4.84. The number of rotatable bonds is 9. The predicted molar refractivity (Wildman–Crippen MR) is 121 cm³/mol. The van der Waals surface area contributed by atoms with Gasteiger partial charge in [0.1, 0.15) is 18.1 Å². The van der Waals surface area contributed by atoms with Crippen molar-refractivity contribution in [2.45, 2.75) is 33.4 Å². The maximum Gasteiger partial charge on any atom is 0.322 e. The highest BCUT2D eigenvalue weighted by molar-refractivity contribution is 5.92. The Bertz CT molecular complexity index is 970. The Morgan fingerprint density at radius 3 is 2.16 bits per heavy atom. The molecular formula is C25H29N3O3. The number of urea groups is 1. The SMILES string of the molecule is CCCN(CC(=O)N(Cc1ccccc1)Cc1ccc(C)o1)C(=O)Nc1ccccc1. The summed E-state index contributed by atoms with van der Waals surface area (Å²) in [5.74, 6) is 1.39. The highest BCUT2D eigenvalue weighted by Crippen LogP contribution is 2.14. The Morgan fingerprint density at radius 1 is 0.871 bits per heavy atom. The minimum absolute atomic E-state index is 0.000961. The zero-order chi connectivity index (χ0) is 22.1. The number of furan rings is 1. The summed E-state index contributed by atoms with van der Waals surface area (Å²) >= 11 is 0. The fraction of sp³-hybridized carbons (Fsp3) is 0.280. The van der Waals surface area contributed by atoms with E-state index in [0.717, 1.165) is 23.5 Å². The van der Waals surface area contributed by atoms with Gasteiger partial charge in [0.2, 0.25) is 5.91 Å². The number of carbonyl (C=O) groups excluding carboxylic acids is 2. The molecule has 0 aliphatic carbocycles. The van der Waals surface area contributed by atoms with Crippen molar-refractivity contribution in [2.24, 2.45) is 0 Å². The van der Waals surface area contributed by atoms with E-state index >= 15 is 0 Å². The molecule has 0 fully saturated rings. The topological polar surface area (TPSA) is 65.8 Å². The summed E-state index contributed by atoms with van der Waals surface area (Å²) in [4.78, 5) is 29.4. The predicted octanol–water partition coefficient (Wildman–Crippen LogP) is 5.06. The van der Waals surface area contributed by atoms with Crippen LogP contribution in [0.25, 0.3) is 0 Å². The van der Waals surface area contributed by atoms with Crippen LogP contribution in [0, 0.1) is 6.92 Å². The van der Waals surface area contributed by atoms with Gasteiger partial charge in [-0.15, -0.1) is 0 Å². The summed E-state index contributed by atoms with van der Waals surface area (Å²) in [5.41, 5.74) is 1.73. The maximum atomic E-state index is 13.3. The molecule has 3 aromatic rings. The molecule has 0 aliphatic rings. The first kappa shape index (κ1) is 22.2. The van der Waals surface area contributed by atoms with Crippen molar-refractivity contribution in [1.29, 1.82) is 0 Å². The number of nitrogens with one attached hydrogen (secondary N) is 1. The van der Waals surface area contributed by atoms with Gasteiger partial charge in [-0.2, -0.15) is 0 Å². The summed E-state index contributed by atoms with van der Waals surface area (Å²) in [6.07, 6.45) is 0.756. The van der Waals surface area contributed by atoms with Gasteiger partial charge >= 0.3 is 6.03 Å². The van der Waals surface area contributed by atoms with Gasteiger partial charge in [-0.3, -0.25) is 4.79 Å². The number of carbonyl (C=O) groups is 2. The normalized spacial score (nSPS) is 10.5. The fourth-order valence-corrected chi connectivity index (χ4v) is 3.30. The van der Waals surface area contributed by atoms with Gasteiger partial charge in [-0.05, 0) is 43.2 Å². The van der Waals surface area contributed by atoms with Crippen molar-refractivity contribution in [3.63, 3.8) is 0 Å². The Kier molecular flexibility index (Phi) is 7.87. The molecule has 6 heteroatoms. The van der Waals surface area contributed by atoms with Crippen LogP contribution in [0.2, 0.25) is 0 Å². The second-order valence-corrected chi connectivity index (χ2v) is 7.47. The van der Waals surface area contributed by atoms with Crippen LogP contribution in [0.5, 0.6) is 0 Å². The number of hydrogen-bond acceptors (Lipinski definition) is 3. The number of hydrogen-bond donors (Lipinski definition) is 1. The molecule has 6 nitrogen and oxygen atoms in total. The second kappa shape index (κ2) is 11.0. The molecule has 1 N–H and O–H groups in total. The smallest absolute Gasteiger partial charge is 0.322 e. The van der Waals surface area contributed by atoms with Gasteiger partial charge in [0.25, 0.3) is 0 Å². The molecule has 31 heavy (non-hydrogen) atoms. The maximum absolute atomic E-state index is 13.3. The molecular weight excluding hydrogens is 390 g/mol. The number of benzene rings is 2. The highest BCUT2D eigenvalue weighted by atomic mass is 16.3. The minimum atomic E-state index is -0.282. The Morgan fingerprint density at radius 2 is 1.55 bits per heavy atom. The van der Waals surface area contributed by atoms with Crippen molar-refractivity contribution in [2.75, 3.05) is 18.4 Å². The minimum Gasteiger partial charge on any atom is -0.464 e. The third-order valence-corrected chi connectivity index (χ3v) is 4.84. The van der Waals surface area contributed by atoms with Crippen LogP contribution >= 0.6 is 0 Å². The van der Waals surface area contributed by atoms with Gasteiger partial charge in [0, 0.05) is 18.8 Å². The second-order valence-electron chi connectivity index (χ2n) is 7.47. The number of nitrogens with zero attached hydrogens (tertiary/aromatic N) is 2. The monoisotopic (exact) mass is 419 g/mol. The van der Waals surface area contributed by atoms with E-state index in [-0.39, 0.29) is 18.5 Å². The molecule has 0 bridgehead atoms. The van der Waals surface area contributed by atoms with Crippen LogP contribution in [0.3, 0.4) is 0 Å². The quantitative estimate of drug-likeness (QED) is 0.527. The molecule has 0 radical (unpaired) electrons. The molecule has 0 aliphatic heterocycles. The van der Waals surface area contributed by atoms with Crippen molar-refractivity contribution >= 4 is 17.6 Å². The highest BCUT2D eigenvalue weighted by Gasteiger charge is 2.22. The summed E-state index contributed by atoms with van der Waals surface area (Å²) < 4.78 is 5.69. The van der Waals surface area contributed by atoms with E-state index in [9.17, 15) is 9.59 Å². The summed E-state index contributed by atoms with van der Waals surface area (Å²) in [6, 6.07) is 22.6. The van der Waals surface area contributed by atoms with E-state index in [2.05, 4.69) is 5.32 Å². The van der Waals surface area contributed by atoms with Gasteiger partial charge in [-0.1, -0.05) is 55.5 Å². The number of para-hydroxylation sites is 1. The third kappa shape index (κ3) is 6.74. The summed E-state index contributed by atoms with van der Waals surface area (Å²) in [5, 5.41) is 2.87. The number of amides is 3. The van der Waals surface area contributed by atoms with Crippen LogP contribution < -0.4 is 5.32 Å². The average Bonchev–Trinajstić information content (AvgIpc) is 3.19. The summed E-state index contributed by atoms with van der Waals surface area (Å²) in [7, 11) is 0. The zero-order valence-corrected chi connectivity index (χ0v) is 18.1. The van der Waals surface area contributed by atoms with Gasteiger partial charge in [0.05, 0.1) is 6.54 Å². The van der Waals surface area contributed by atoms with Gasteiger partial charge < -0.3 is 19.5 Å². The van der Waals surface area contributed by atoms with E-state index in [1.165, 1.54) is 0 Å². The van der Waals surface area contributed by atoms with E-state index in [1.54, 1.807) is 9.80 Å². The lowest BCUT2D eigenvalue weighted by molar-refractivity contribution is -0.133. The van der Waals surface area contributed by atoms with Crippen LogP contribution in [-0.4, -0.2) is 34.8 Å². The largest absolute Gasteiger partial charge is 0.464 e. The van der Waals surface area contributed by atoms with Gasteiger partial charge in [0.15, 0.2) is 0 Å². The van der Waals surface area contributed by atoms with Crippen molar-refractivity contribution in [1.82, 2.24) is 9.80 Å². The molecule has 0 saturated heterocycles. The van der Waals surface area contributed by atoms with Crippen LogP contribution in [0.15, 0.2) is 77.2 Å². The van der Waals surface area contributed by atoms with E-state index in [0.29, 0.717) is 25.3 Å². The number of aryl methyl sites for hydroxylation is 1. The molecule has 0 saturated carbocycles. The Hall–Kier alpha value is -3.54. The summed E-state index contributed by atoms with van der Waals surface area (Å²) in [6.45, 7) is 5.15. The van der Waals surface area contributed by atoms with Crippen LogP contribution in [0.4, 0.5) is 10.5 Å². The Labute approximate surface area is 183 Å². The van der Waals surface area contributed by atoms with Crippen molar-refractivity contribution < 1.29 is 14.0 Å². The van der Waals surface area contributed by atoms with Crippen molar-refractivity contribution in [3.8, 4) is 0 Å². The van der Waals surface area contributed by atoms with Crippen LogP contribution in [0.1, 0.15) is 30.4 Å². The molecule has 3 rings (SSSR count). The molecule has 162 valence electrons. The zero-order valence-electron chi connectivity index (χ0n) is 18.1. The first-order chi connectivity index (χ1) is 15.0. The molecule has 1 aromatic heterocycles. The number of anilines is 1. The lowest BCUT2D eigenvalue weighted by Gasteiger charge is -2.27. The molecule has 2 aromatic carbocycles. The molecule has 3 amide bonds. The first-order valence-corrected chi connectivity index (χ1v) is 10.5.